The number of hydrogen-bond acceptors (Lipinski definition) is 4. The maximum Gasteiger partial charge on any atom is 0.303 e. The Labute approximate surface area is 112 Å². The summed E-state index contributed by atoms with van der Waals surface area (Å²) in [4.78, 5) is 22.1. The lowest BCUT2D eigenvalue weighted by Crippen LogP contribution is -2.29. The molecule has 0 atom stereocenters. The van der Waals surface area contributed by atoms with Gasteiger partial charge >= 0.3 is 5.97 Å². The minimum Gasteiger partial charge on any atom is -0.481 e. The Kier molecular flexibility index (Phi) is 5.98. The molecule has 7 nitrogen and oxygen atoms in total. The highest BCUT2D eigenvalue weighted by Gasteiger charge is 2.12. The highest BCUT2D eigenvalue weighted by Crippen LogP contribution is 2.06. The van der Waals surface area contributed by atoms with E-state index in [-0.39, 0.29) is 18.9 Å². The van der Waals surface area contributed by atoms with Crippen LogP contribution in [0.25, 0.3) is 0 Å². The molecule has 0 bridgehead atoms. The van der Waals surface area contributed by atoms with E-state index in [4.69, 9.17) is 5.11 Å². The van der Waals surface area contributed by atoms with Crippen LogP contribution in [0.4, 0.5) is 0 Å². The third-order valence-corrected chi connectivity index (χ3v) is 2.80. The van der Waals surface area contributed by atoms with E-state index in [0.29, 0.717) is 18.7 Å². The lowest BCUT2D eigenvalue weighted by molar-refractivity contribution is -0.137. The molecule has 0 aliphatic carbocycles. The molecule has 0 aliphatic heterocycles. The quantitative estimate of drug-likeness (QED) is 0.670. The van der Waals surface area contributed by atoms with E-state index in [1.807, 2.05) is 0 Å². The van der Waals surface area contributed by atoms with Gasteiger partial charge in [0.15, 0.2) is 0 Å². The highest BCUT2D eigenvalue weighted by atomic mass is 16.4. The van der Waals surface area contributed by atoms with Gasteiger partial charge in [0.05, 0.1) is 17.8 Å². The van der Waals surface area contributed by atoms with Crippen LogP contribution < -0.4 is 5.32 Å². The lowest BCUT2D eigenvalue weighted by atomic mass is 10.2. The van der Waals surface area contributed by atoms with Crippen LogP contribution in [-0.4, -0.2) is 38.5 Å². The maximum atomic E-state index is 11.6. The number of aryl methyl sites for hydroxylation is 1. The van der Waals surface area contributed by atoms with Gasteiger partial charge in [-0.25, -0.2) is 4.68 Å². The van der Waals surface area contributed by atoms with Gasteiger partial charge < -0.3 is 10.4 Å². The van der Waals surface area contributed by atoms with E-state index < -0.39 is 5.97 Å². The molecule has 1 rings (SSSR count). The van der Waals surface area contributed by atoms with Crippen LogP contribution in [0.1, 0.15) is 37.6 Å². The molecule has 1 amide bonds. The van der Waals surface area contributed by atoms with Crippen molar-refractivity contribution in [2.45, 2.75) is 46.1 Å². The number of carbonyl (C=O) groups excluding carboxylic acids is 1. The van der Waals surface area contributed by atoms with Crippen LogP contribution in [0.2, 0.25) is 0 Å². The van der Waals surface area contributed by atoms with Crippen LogP contribution in [0.15, 0.2) is 0 Å². The standard InChI is InChI=1S/C12H20N4O3/c1-3-4-7-13-11(17)8-16-9(2)10(14-15-16)5-6-12(18)19/h3-8H2,1-2H3,(H,13,17)(H,18,19). The molecule has 1 aromatic rings. The van der Waals surface area contributed by atoms with E-state index in [2.05, 4.69) is 22.6 Å². The van der Waals surface area contributed by atoms with Crippen molar-refractivity contribution in [2.75, 3.05) is 6.54 Å². The minimum absolute atomic E-state index is 0.0161. The van der Waals surface area contributed by atoms with Crippen molar-refractivity contribution < 1.29 is 14.7 Å². The Morgan fingerprint density at radius 2 is 2.16 bits per heavy atom. The molecule has 19 heavy (non-hydrogen) atoms. The molecule has 0 saturated heterocycles. The van der Waals surface area contributed by atoms with Crippen molar-refractivity contribution in [3.05, 3.63) is 11.4 Å². The fourth-order valence-electron chi connectivity index (χ4n) is 1.60. The number of amides is 1. The zero-order valence-corrected chi connectivity index (χ0v) is 11.3. The molecule has 2 N–H and O–H groups in total. The molecule has 106 valence electrons. The monoisotopic (exact) mass is 268 g/mol. The van der Waals surface area contributed by atoms with E-state index in [0.717, 1.165) is 18.5 Å². The van der Waals surface area contributed by atoms with Crippen LogP contribution in [-0.2, 0) is 22.6 Å². The Balaban J connectivity index is 2.50. The number of nitrogens with one attached hydrogen (secondary N) is 1. The number of unbranched alkanes of at least 4 members (excludes halogenated alkanes) is 1. The molecule has 0 unspecified atom stereocenters. The van der Waals surface area contributed by atoms with Crippen LogP contribution in [0.3, 0.4) is 0 Å². The summed E-state index contributed by atoms with van der Waals surface area (Å²) in [5, 5.41) is 19.2. The summed E-state index contributed by atoms with van der Waals surface area (Å²) in [6.45, 7) is 4.63. The average Bonchev–Trinajstić information content (AvgIpc) is 2.69. The van der Waals surface area contributed by atoms with E-state index >= 15 is 0 Å². The third-order valence-electron chi connectivity index (χ3n) is 2.80. The Morgan fingerprint density at radius 3 is 2.79 bits per heavy atom. The van der Waals surface area contributed by atoms with Crippen molar-refractivity contribution in [1.29, 1.82) is 0 Å². The molecule has 0 aromatic carbocycles. The first-order valence-electron chi connectivity index (χ1n) is 6.42. The fraction of sp³-hybridized carbons (Fsp3) is 0.667. The molecule has 7 heteroatoms. The second-order valence-electron chi connectivity index (χ2n) is 4.38. The minimum atomic E-state index is -0.869. The van der Waals surface area contributed by atoms with Gasteiger partial charge in [0.2, 0.25) is 5.91 Å². The average molecular weight is 268 g/mol. The summed E-state index contributed by atoms with van der Waals surface area (Å²) in [5.74, 6) is -0.975. The molecular weight excluding hydrogens is 248 g/mol. The third kappa shape index (κ3) is 5.07. The molecule has 0 fully saturated rings. The second kappa shape index (κ2) is 7.50. The predicted octanol–water partition coefficient (Wildman–Crippen LogP) is 0.520. The van der Waals surface area contributed by atoms with Gasteiger partial charge in [-0.05, 0) is 13.3 Å². The zero-order valence-electron chi connectivity index (χ0n) is 11.3. The van der Waals surface area contributed by atoms with E-state index in [1.165, 1.54) is 4.68 Å². The number of carbonyl (C=O) groups is 2. The van der Waals surface area contributed by atoms with Crippen molar-refractivity contribution in [3.63, 3.8) is 0 Å². The maximum absolute atomic E-state index is 11.6. The first kappa shape index (κ1) is 15.1. The molecule has 0 radical (unpaired) electrons. The molecule has 0 aliphatic rings. The van der Waals surface area contributed by atoms with Crippen molar-refractivity contribution >= 4 is 11.9 Å². The smallest absolute Gasteiger partial charge is 0.303 e. The van der Waals surface area contributed by atoms with Gasteiger partial charge in [0.25, 0.3) is 0 Å². The van der Waals surface area contributed by atoms with Gasteiger partial charge in [-0.15, -0.1) is 5.10 Å². The van der Waals surface area contributed by atoms with Gasteiger partial charge in [0, 0.05) is 13.0 Å². The summed E-state index contributed by atoms with van der Waals surface area (Å²) >= 11 is 0. The summed E-state index contributed by atoms with van der Waals surface area (Å²) in [5.41, 5.74) is 1.37. The van der Waals surface area contributed by atoms with Gasteiger partial charge in [0.1, 0.15) is 6.54 Å². The Morgan fingerprint density at radius 1 is 1.42 bits per heavy atom. The summed E-state index contributed by atoms with van der Waals surface area (Å²) in [7, 11) is 0. The number of nitrogens with zero attached hydrogens (tertiary/aromatic N) is 3. The molecule has 0 spiro atoms. The molecule has 1 heterocycles. The number of aliphatic carboxylic acids is 1. The van der Waals surface area contributed by atoms with Crippen LogP contribution in [0.5, 0.6) is 0 Å². The number of carboxylic acids is 1. The zero-order chi connectivity index (χ0) is 14.3. The van der Waals surface area contributed by atoms with Crippen molar-refractivity contribution in [1.82, 2.24) is 20.3 Å². The van der Waals surface area contributed by atoms with E-state index in [9.17, 15) is 9.59 Å². The van der Waals surface area contributed by atoms with Gasteiger partial charge in [-0.1, -0.05) is 18.6 Å². The SMILES string of the molecule is CCCCNC(=O)Cn1nnc(CCC(=O)O)c1C. The van der Waals surface area contributed by atoms with Crippen LogP contribution in [0, 0.1) is 6.92 Å². The first-order chi connectivity index (χ1) is 9.04. The van der Waals surface area contributed by atoms with Gasteiger partial charge in [-0.2, -0.15) is 0 Å². The Bertz CT molecular complexity index is 442. The number of aromatic nitrogens is 3. The van der Waals surface area contributed by atoms with Crippen LogP contribution >= 0.6 is 0 Å². The largest absolute Gasteiger partial charge is 0.481 e. The van der Waals surface area contributed by atoms with Gasteiger partial charge in [-0.3, -0.25) is 9.59 Å². The number of rotatable bonds is 8. The number of carboxylic acid groups (broad SMARTS) is 1. The van der Waals surface area contributed by atoms with Crippen molar-refractivity contribution in [2.24, 2.45) is 0 Å². The Hall–Kier alpha value is -1.92. The van der Waals surface area contributed by atoms with E-state index in [1.54, 1.807) is 6.92 Å². The summed E-state index contributed by atoms with van der Waals surface area (Å²) in [6, 6.07) is 0. The molecular formula is C12H20N4O3. The fourth-order valence-corrected chi connectivity index (χ4v) is 1.60. The number of hydrogen-bond donors (Lipinski definition) is 2. The molecule has 1 aromatic heterocycles. The topological polar surface area (TPSA) is 97.1 Å². The molecule has 0 saturated carbocycles. The predicted molar refractivity (Wildman–Crippen MR) is 68.6 cm³/mol. The second-order valence-corrected chi connectivity index (χ2v) is 4.38. The lowest BCUT2D eigenvalue weighted by Gasteiger charge is -2.05. The highest BCUT2D eigenvalue weighted by molar-refractivity contribution is 5.75. The van der Waals surface area contributed by atoms with Crippen molar-refractivity contribution in [3.8, 4) is 0 Å². The normalized spacial score (nSPS) is 10.4. The summed E-state index contributed by atoms with van der Waals surface area (Å²) in [6.07, 6.45) is 2.33. The first-order valence-corrected chi connectivity index (χ1v) is 6.42. The summed E-state index contributed by atoms with van der Waals surface area (Å²) < 4.78 is 1.50.